The number of aromatic nitrogens is 2. The zero-order valence-electron chi connectivity index (χ0n) is 17.0. The predicted octanol–water partition coefficient (Wildman–Crippen LogP) is 1.94. The van der Waals surface area contributed by atoms with Crippen LogP contribution in [0.1, 0.15) is 26.2 Å². The van der Waals surface area contributed by atoms with E-state index in [0.29, 0.717) is 31.7 Å². The Kier molecular flexibility index (Phi) is 6.30. The average Bonchev–Trinajstić information content (AvgIpc) is 3.43. The van der Waals surface area contributed by atoms with Crippen molar-refractivity contribution in [2.45, 2.75) is 41.6 Å². The Hall–Kier alpha value is -2.44. The van der Waals surface area contributed by atoms with Gasteiger partial charge in [-0.05, 0) is 38.0 Å². The number of piperidine rings is 1. The van der Waals surface area contributed by atoms with Crippen molar-refractivity contribution in [3.8, 4) is 11.5 Å². The van der Waals surface area contributed by atoms with Crippen LogP contribution in [0.2, 0.25) is 0 Å². The van der Waals surface area contributed by atoms with E-state index >= 15 is 0 Å². The second-order valence-corrected chi connectivity index (χ2v) is 10.6. The molecular formula is C19H23N5O5S2. The van der Waals surface area contributed by atoms with Gasteiger partial charge in [-0.25, -0.2) is 13.2 Å². The predicted molar refractivity (Wildman–Crippen MR) is 113 cm³/mol. The molecule has 2 fully saturated rings. The minimum Gasteiger partial charge on any atom is -0.411 e. The lowest BCUT2D eigenvalue weighted by Gasteiger charge is -2.25. The quantitative estimate of drug-likeness (QED) is 0.642. The van der Waals surface area contributed by atoms with Gasteiger partial charge in [-0.1, -0.05) is 24.2 Å². The molecule has 10 nitrogen and oxygen atoms in total. The minimum absolute atomic E-state index is 0.164. The van der Waals surface area contributed by atoms with Crippen molar-refractivity contribution in [2.75, 3.05) is 26.2 Å². The zero-order valence-corrected chi connectivity index (χ0v) is 18.6. The highest BCUT2D eigenvalue weighted by atomic mass is 32.2. The van der Waals surface area contributed by atoms with Crippen LogP contribution in [0.15, 0.2) is 38.8 Å². The third-order valence-corrected chi connectivity index (χ3v) is 8.00. The van der Waals surface area contributed by atoms with E-state index < -0.39 is 21.3 Å². The maximum atomic E-state index is 12.9. The third kappa shape index (κ3) is 4.60. The monoisotopic (exact) mass is 465 g/mol. The lowest BCUT2D eigenvalue weighted by molar-refractivity contribution is -0.126. The Balaban J connectivity index is 1.48. The van der Waals surface area contributed by atoms with Crippen LogP contribution in [-0.2, 0) is 14.8 Å². The minimum atomic E-state index is -3.58. The number of hydrogen-bond acceptors (Lipinski definition) is 8. The molecule has 166 valence electrons. The number of amides is 3. The molecule has 2 aliphatic heterocycles. The van der Waals surface area contributed by atoms with Crippen molar-refractivity contribution in [2.24, 2.45) is 0 Å². The van der Waals surface area contributed by atoms with Crippen molar-refractivity contribution in [1.82, 2.24) is 24.7 Å². The van der Waals surface area contributed by atoms with E-state index in [4.69, 9.17) is 4.42 Å². The van der Waals surface area contributed by atoms with Gasteiger partial charge >= 0.3 is 6.03 Å². The van der Waals surface area contributed by atoms with Gasteiger partial charge < -0.3 is 9.73 Å². The zero-order chi connectivity index (χ0) is 22.0. The first-order valence-corrected chi connectivity index (χ1v) is 12.4. The van der Waals surface area contributed by atoms with Gasteiger partial charge in [0.05, 0.1) is 10.1 Å². The molecule has 3 amide bonds. The van der Waals surface area contributed by atoms with Gasteiger partial charge in [-0.15, -0.1) is 10.2 Å². The van der Waals surface area contributed by atoms with Crippen LogP contribution >= 0.6 is 11.8 Å². The highest BCUT2D eigenvalue weighted by molar-refractivity contribution is 8.00. The Morgan fingerprint density at radius 2 is 1.97 bits per heavy atom. The summed E-state index contributed by atoms with van der Waals surface area (Å²) in [6, 6.07) is 6.01. The number of urea groups is 1. The van der Waals surface area contributed by atoms with E-state index in [0.717, 1.165) is 35.9 Å². The van der Waals surface area contributed by atoms with Gasteiger partial charge in [0.15, 0.2) is 0 Å². The van der Waals surface area contributed by atoms with Crippen LogP contribution in [0.25, 0.3) is 11.5 Å². The second-order valence-electron chi connectivity index (χ2n) is 7.35. The van der Waals surface area contributed by atoms with Crippen molar-refractivity contribution in [3.63, 3.8) is 0 Å². The third-order valence-electron chi connectivity index (χ3n) is 5.19. The molecule has 2 aliphatic rings. The maximum absolute atomic E-state index is 12.9. The molecule has 0 radical (unpaired) electrons. The van der Waals surface area contributed by atoms with Gasteiger partial charge in [0, 0.05) is 31.7 Å². The Bertz CT molecular complexity index is 1080. The first kappa shape index (κ1) is 21.8. The summed E-state index contributed by atoms with van der Waals surface area (Å²) >= 11 is 1.05. The summed E-state index contributed by atoms with van der Waals surface area (Å²) in [6.45, 7) is 3.47. The van der Waals surface area contributed by atoms with Gasteiger partial charge in [0.1, 0.15) is 0 Å². The van der Waals surface area contributed by atoms with E-state index in [-0.39, 0.29) is 21.9 Å². The summed E-state index contributed by atoms with van der Waals surface area (Å²) in [7, 11) is -3.58. The number of imide groups is 1. The first-order valence-electron chi connectivity index (χ1n) is 10.1. The molecule has 2 aromatic rings. The van der Waals surface area contributed by atoms with Crippen LogP contribution < -0.4 is 5.32 Å². The Morgan fingerprint density at radius 1 is 1.19 bits per heavy atom. The van der Waals surface area contributed by atoms with E-state index in [1.54, 1.807) is 25.1 Å². The van der Waals surface area contributed by atoms with Gasteiger partial charge in [-0.3, -0.25) is 9.69 Å². The van der Waals surface area contributed by atoms with Crippen LogP contribution in [0.4, 0.5) is 4.79 Å². The molecule has 0 bridgehead atoms. The van der Waals surface area contributed by atoms with Crippen LogP contribution in [0, 0.1) is 0 Å². The molecule has 1 N–H and O–H groups in total. The van der Waals surface area contributed by atoms with Crippen LogP contribution in [-0.4, -0.2) is 71.2 Å². The molecule has 1 aromatic heterocycles. The van der Waals surface area contributed by atoms with E-state index in [1.807, 2.05) is 0 Å². The normalized spacial score (nSPS) is 18.7. The molecule has 4 rings (SSSR count). The molecule has 12 heteroatoms. The van der Waals surface area contributed by atoms with Crippen molar-refractivity contribution < 1.29 is 22.4 Å². The summed E-state index contributed by atoms with van der Waals surface area (Å²) in [6.07, 6.45) is 2.76. The molecule has 1 aromatic carbocycles. The summed E-state index contributed by atoms with van der Waals surface area (Å²) in [5.41, 5.74) is 0.482. The molecule has 0 spiro atoms. The smallest absolute Gasteiger partial charge is 0.324 e. The molecular weight excluding hydrogens is 442 g/mol. The summed E-state index contributed by atoms with van der Waals surface area (Å²) < 4.78 is 33.0. The lowest BCUT2D eigenvalue weighted by Crippen LogP contribution is -2.38. The summed E-state index contributed by atoms with van der Waals surface area (Å²) in [4.78, 5) is 25.4. The maximum Gasteiger partial charge on any atom is 0.324 e. The highest BCUT2D eigenvalue weighted by Gasteiger charge is 2.31. The molecule has 2 saturated heterocycles. The fourth-order valence-electron chi connectivity index (χ4n) is 3.52. The number of sulfonamides is 1. The fraction of sp³-hybridized carbons (Fsp3) is 0.474. The SMILES string of the molecule is C[C@@H](Sc1nnc(-c2cccc(S(=O)(=O)N3CCCCC3)c2)o1)C(=O)N1CCNC1=O. The fourth-order valence-corrected chi connectivity index (χ4v) is 5.83. The largest absolute Gasteiger partial charge is 0.411 e. The summed E-state index contributed by atoms with van der Waals surface area (Å²) in [5.74, 6) is -0.175. The molecule has 1 atom stereocenters. The number of hydrogen-bond donors (Lipinski definition) is 1. The molecule has 0 aliphatic carbocycles. The number of benzene rings is 1. The standard InChI is InChI=1S/C19H23N5O5S2/c1-13(17(25)24-11-8-20-18(24)26)30-19-22-21-16(29-19)14-6-5-7-15(12-14)31(27,28)23-9-3-2-4-10-23/h5-7,12-13H,2-4,8-11H2,1H3,(H,20,26)/t13-/m1/s1. The van der Waals surface area contributed by atoms with Crippen LogP contribution in [0.5, 0.6) is 0 Å². The van der Waals surface area contributed by atoms with Crippen molar-refractivity contribution >= 4 is 33.7 Å². The van der Waals surface area contributed by atoms with Gasteiger partial charge in [0.25, 0.3) is 5.22 Å². The van der Waals surface area contributed by atoms with Gasteiger partial charge in [0.2, 0.25) is 21.8 Å². The van der Waals surface area contributed by atoms with Crippen LogP contribution in [0.3, 0.4) is 0 Å². The van der Waals surface area contributed by atoms with E-state index in [9.17, 15) is 18.0 Å². The number of thioether (sulfide) groups is 1. The number of rotatable bonds is 6. The number of nitrogens with one attached hydrogen (secondary N) is 1. The molecule has 0 unspecified atom stereocenters. The lowest BCUT2D eigenvalue weighted by atomic mass is 10.2. The van der Waals surface area contributed by atoms with Gasteiger partial charge in [-0.2, -0.15) is 4.31 Å². The highest BCUT2D eigenvalue weighted by Crippen LogP contribution is 2.29. The van der Waals surface area contributed by atoms with Crippen molar-refractivity contribution in [1.29, 1.82) is 0 Å². The van der Waals surface area contributed by atoms with E-state index in [1.165, 1.54) is 10.4 Å². The Labute approximate surface area is 184 Å². The van der Waals surface area contributed by atoms with E-state index in [2.05, 4.69) is 15.5 Å². The molecule has 31 heavy (non-hydrogen) atoms. The number of carbonyl (C=O) groups excluding carboxylic acids is 2. The number of nitrogens with zero attached hydrogens (tertiary/aromatic N) is 4. The summed E-state index contributed by atoms with van der Waals surface area (Å²) in [5, 5.41) is 10.1. The second kappa shape index (κ2) is 8.97. The topological polar surface area (TPSA) is 126 Å². The molecule has 0 saturated carbocycles. The number of carbonyl (C=O) groups is 2. The first-order chi connectivity index (χ1) is 14.9. The average molecular weight is 466 g/mol. The molecule has 3 heterocycles. The Morgan fingerprint density at radius 3 is 2.68 bits per heavy atom. The van der Waals surface area contributed by atoms with Crippen molar-refractivity contribution in [3.05, 3.63) is 24.3 Å².